The average molecular weight is 527 g/mol. The summed E-state index contributed by atoms with van der Waals surface area (Å²) in [5, 5.41) is 0. The fraction of sp³-hybridized carbons (Fsp3) is 0.903. The summed E-state index contributed by atoms with van der Waals surface area (Å²) in [7, 11) is 0. The molecule has 6 nitrogen and oxygen atoms in total. The number of hydrogen-bond donors (Lipinski definition) is 0. The highest BCUT2D eigenvalue weighted by molar-refractivity contribution is 5.70. The molecule has 0 aliphatic carbocycles. The number of rotatable bonds is 27. The van der Waals surface area contributed by atoms with Crippen LogP contribution in [0.3, 0.4) is 0 Å². The van der Waals surface area contributed by atoms with Crippen LogP contribution in [0.2, 0.25) is 0 Å². The molecule has 0 aromatic rings. The first kappa shape index (κ1) is 35.4. The van der Waals surface area contributed by atoms with Gasteiger partial charge in [-0.2, -0.15) is 0 Å². The Morgan fingerprint density at radius 1 is 0.486 bits per heavy atom. The maximum absolute atomic E-state index is 12.4. The number of unbranched alkanes of at least 4 members (excludes halogenated alkanes) is 15. The average Bonchev–Trinajstić information content (AvgIpc) is 2.88. The zero-order valence-electron chi connectivity index (χ0n) is 24.5. The summed E-state index contributed by atoms with van der Waals surface area (Å²) in [6.45, 7) is 6.74. The predicted octanol–water partition coefficient (Wildman–Crippen LogP) is 8.63. The van der Waals surface area contributed by atoms with Crippen LogP contribution in [0.25, 0.3) is 0 Å². The summed E-state index contributed by atoms with van der Waals surface area (Å²) in [5.41, 5.74) is 0. The lowest BCUT2D eigenvalue weighted by atomic mass is 10.1. The van der Waals surface area contributed by atoms with Crippen LogP contribution in [0.15, 0.2) is 0 Å². The number of hydrogen-bond acceptors (Lipinski definition) is 6. The van der Waals surface area contributed by atoms with Crippen LogP contribution in [-0.4, -0.2) is 37.2 Å². The van der Waals surface area contributed by atoms with Crippen LogP contribution in [0.5, 0.6) is 0 Å². The molecule has 0 rings (SSSR count). The lowest BCUT2D eigenvalue weighted by Crippen LogP contribution is -2.27. The Balaban J connectivity index is 4.34. The minimum Gasteiger partial charge on any atom is -0.466 e. The molecule has 6 heteroatoms. The minimum absolute atomic E-state index is 0.0197. The van der Waals surface area contributed by atoms with Gasteiger partial charge >= 0.3 is 17.9 Å². The van der Waals surface area contributed by atoms with E-state index < -0.39 is 6.10 Å². The second kappa shape index (κ2) is 27.4. The van der Waals surface area contributed by atoms with E-state index in [1.54, 1.807) is 0 Å². The second-order valence-electron chi connectivity index (χ2n) is 10.4. The Bertz CT molecular complexity index is 548. The van der Waals surface area contributed by atoms with E-state index in [2.05, 4.69) is 20.8 Å². The second-order valence-corrected chi connectivity index (χ2v) is 10.4. The Hall–Kier alpha value is -1.59. The lowest BCUT2D eigenvalue weighted by Gasteiger charge is -2.18. The van der Waals surface area contributed by atoms with Gasteiger partial charge in [0.15, 0.2) is 0 Å². The SMILES string of the molecule is CCCCCCCCC(=O)OCCC(COC(=O)CCCCCCCC)OC(=O)CCCCCCCC. The highest BCUT2D eigenvalue weighted by atomic mass is 16.6. The van der Waals surface area contributed by atoms with Gasteiger partial charge in [-0.3, -0.25) is 14.4 Å². The van der Waals surface area contributed by atoms with E-state index in [0.717, 1.165) is 57.8 Å². The summed E-state index contributed by atoms with van der Waals surface area (Å²) in [6, 6.07) is 0. The number of carbonyl (C=O) groups excluding carboxylic acids is 3. The highest BCUT2D eigenvalue weighted by Crippen LogP contribution is 2.12. The maximum atomic E-state index is 12.4. The van der Waals surface area contributed by atoms with Gasteiger partial charge in [-0.25, -0.2) is 0 Å². The fourth-order valence-corrected chi connectivity index (χ4v) is 4.20. The molecule has 0 saturated carbocycles. The van der Waals surface area contributed by atoms with Gasteiger partial charge in [0.05, 0.1) is 6.61 Å². The van der Waals surface area contributed by atoms with Crippen LogP contribution >= 0.6 is 0 Å². The monoisotopic (exact) mass is 526 g/mol. The molecule has 1 atom stereocenters. The molecule has 0 saturated heterocycles. The van der Waals surface area contributed by atoms with Crippen molar-refractivity contribution in [1.29, 1.82) is 0 Å². The van der Waals surface area contributed by atoms with E-state index >= 15 is 0 Å². The molecule has 0 aromatic heterocycles. The molecule has 0 radical (unpaired) electrons. The molecule has 0 aliphatic heterocycles. The molecule has 0 N–H and O–H groups in total. The van der Waals surface area contributed by atoms with Crippen molar-refractivity contribution in [3.8, 4) is 0 Å². The highest BCUT2D eigenvalue weighted by Gasteiger charge is 2.18. The van der Waals surface area contributed by atoms with Crippen molar-refractivity contribution < 1.29 is 28.6 Å². The van der Waals surface area contributed by atoms with Crippen molar-refractivity contribution in [2.45, 2.75) is 168 Å². The van der Waals surface area contributed by atoms with Crippen LogP contribution < -0.4 is 0 Å². The van der Waals surface area contributed by atoms with Crippen LogP contribution in [0, 0.1) is 0 Å². The van der Waals surface area contributed by atoms with Crippen molar-refractivity contribution in [3.63, 3.8) is 0 Å². The number of carbonyl (C=O) groups is 3. The van der Waals surface area contributed by atoms with Crippen molar-refractivity contribution in [1.82, 2.24) is 0 Å². The Morgan fingerprint density at radius 3 is 1.32 bits per heavy atom. The smallest absolute Gasteiger partial charge is 0.306 e. The third-order valence-corrected chi connectivity index (χ3v) is 6.63. The summed E-state index contributed by atoms with van der Waals surface area (Å²) in [6.07, 6.45) is 20.9. The van der Waals surface area contributed by atoms with E-state index in [9.17, 15) is 14.4 Å². The zero-order valence-corrected chi connectivity index (χ0v) is 24.5. The van der Waals surface area contributed by atoms with Gasteiger partial charge < -0.3 is 14.2 Å². The van der Waals surface area contributed by atoms with Crippen LogP contribution in [0.4, 0.5) is 0 Å². The van der Waals surface area contributed by atoms with E-state index in [4.69, 9.17) is 14.2 Å². The Morgan fingerprint density at radius 2 is 0.865 bits per heavy atom. The van der Waals surface area contributed by atoms with E-state index in [-0.39, 0.29) is 31.1 Å². The standard InChI is InChI=1S/C31H58O6/c1-4-7-10-13-16-19-22-29(32)35-26-25-28(37-31(34)24-21-18-15-12-9-6-3)27-36-30(33)23-20-17-14-11-8-5-2/h28H,4-27H2,1-3H3. The molecule has 0 bridgehead atoms. The maximum Gasteiger partial charge on any atom is 0.306 e. The minimum atomic E-state index is -0.581. The van der Waals surface area contributed by atoms with Crippen LogP contribution in [0.1, 0.15) is 162 Å². The van der Waals surface area contributed by atoms with Gasteiger partial charge in [0.25, 0.3) is 0 Å². The molecule has 0 aliphatic rings. The third-order valence-electron chi connectivity index (χ3n) is 6.63. The van der Waals surface area contributed by atoms with Gasteiger partial charge in [-0.1, -0.05) is 117 Å². The van der Waals surface area contributed by atoms with Gasteiger partial charge in [0.1, 0.15) is 12.7 Å². The summed E-state index contributed by atoms with van der Waals surface area (Å²) in [4.78, 5) is 36.6. The molecule has 0 spiro atoms. The first-order valence-corrected chi connectivity index (χ1v) is 15.5. The van der Waals surface area contributed by atoms with Crippen molar-refractivity contribution in [2.75, 3.05) is 13.2 Å². The molecule has 0 fully saturated rings. The molecule has 218 valence electrons. The van der Waals surface area contributed by atoms with Crippen molar-refractivity contribution in [2.24, 2.45) is 0 Å². The normalized spacial score (nSPS) is 11.8. The van der Waals surface area contributed by atoms with Crippen molar-refractivity contribution >= 4 is 17.9 Å². The summed E-state index contributed by atoms with van der Waals surface area (Å²) < 4.78 is 16.4. The number of ether oxygens (including phenoxy) is 3. The molecule has 0 heterocycles. The van der Waals surface area contributed by atoms with Crippen LogP contribution in [-0.2, 0) is 28.6 Å². The van der Waals surface area contributed by atoms with Gasteiger partial charge in [-0.05, 0) is 19.3 Å². The van der Waals surface area contributed by atoms with E-state index in [1.165, 1.54) is 57.8 Å². The molecule has 0 amide bonds. The molecule has 37 heavy (non-hydrogen) atoms. The fourth-order valence-electron chi connectivity index (χ4n) is 4.20. The first-order valence-electron chi connectivity index (χ1n) is 15.5. The summed E-state index contributed by atoms with van der Waals surface area (Å²) >= 11 is 0. The molecular formula is C31H58O6. The Labute approximate surface area is 228 Å². The van der Waals surface area contributed by atoms with Crippen molar-refractivity contribution in [3.05, 3.63) is 0 Å². The predicted molar refractivity (Wildman–Crippen MR) is 150 cm³/mol. The van der Waals surface area contributed by atoms with E-state index in [0.29, 0.717) is 25.7 Å². The Kier molecular flexibility index (Phi) is 26.3. The van der Waals surface area contributed by atoms with Gasteiger partial charge in [0, 0.05) is 25.7 Å². The largest absolute Gasteiger partial charge is 0.466 e. The summed E-state index contributed by atoms with van der Waals surface area (Å²) in [5.74, 6) is -0.744. The molecular weight excluding hydrogens is 468 g/mol. The van der Waals surface area contributed by atoms with E-state index in [1.807, 2.05) is 0 Å². The topological polar surface area (TPSA) is 78.9 Å². The number of esters is 3. The van der Waals surface area contributed by atoms with Gasteiger partial charge in [-0.15, -0.1) is 0 Å². The van der Waals surface area contributed by atoms with Gasteiger partial charge in [0.2, 0.25) is 0 Å². The molecule has 1 unspecified atom stereocenters. The quantitative estimate of drug-likeness (QED) is 0.0605. The first-order chi connectivity index (χ1) is 18.0. The third kappa shape index (κ3) is 25.8. The lowest BCUT2D eigenvalue weighted by molar-refractivity contribution is -0.161. The molecule has 0 aromatic carbocycles. The zero-order chi connectivity index (χ0) is 27.4.